The number of hydrogen-bond donors (Lipinski definition) is 3. The van der Waals surface area contributed by atoms with E-state index in [2.05, 4.69) is 5.16 Å². The molecule has 0 saturated carbocycles. The van der Waals surface area contributed by atoms with Crippen LogP contribution in [0, 0.1) is 5.41 Å². The Kier molecular flexibility index (Phi) is 6.64. The first-order valence-corrected chi connectivity index (χ1v) is 5.74. The van der Waals surface area contributed by atoms with Crippen LogP contribution in [0.25, 0.3) is 0 Å². The van der Waals surface area contributed by atoms with Gasteiger partial charge in [0, 0.05) is 20.7 Å². The Morgan fingerprint density at radius 2 is 2.17 bits per heavy atom. The van der Waals surface area contributed by atoms with Crippen LogP contribution in [0.4, 0.5) is 0 Å². The number of carbonyl (C=O) groups excluding carboxylic acids is 1. The van der Waals surface area contributed by atoms with E-state index in [-0.39, 0.29) is 24.9 Å². The Morgan fingerprint density at radius 3 is 2.56 bits per heavy atom. The molecule has 0 fully saturated rings. The molecule has 0 aliphatic heterocycles. The lowest BCUT2D eigenvalue weighted by Crippen LogP contribution is -2.50. The molecule has 0 spiro atoms. The molecule has 18 heavy (non-hydrogen) atoms. The Balaban J connectivity index is 4.80. The molecule has 2 unspecified atom stereocenters. The molecule has 0 heterocycles. The predicted octanol–water partition coefficient (Wildman–Crippen LogP) is -0.385. The summed E-state index contributed by atoms with van der Waals surface area (Å²) in [7, 11) is 3.03. The summed E-state index contributed by atoms with van der Waals surface area (Å²) in [5.41, 5.74) is 4.48. The highest BCUT2D eigenvalue weighted by Gasteiger charge is 2.38. The molecule has 0 aliphatic rings. The molecule has 4 N–H and O–H groups in total. The lowest BCUT2D eigenvalue weighted by molar-refractivity contribution is -0.138. The van der Waals surface area contributed by atoms with Gasteiger partial charge in [-0.3, -0.25) is 4.79 Å². The van der Waals surface area contributed by atoms with E-state index in [0.29, 0.717) is 6.42 Å². The van der Waals surface area contributed by atoms with Crippen LogP contribution in [-0.2, 0) is 9.53 Å². The standard InChI is InChI=1S/C11H23N3O4/c1-5-11(2,9(12)13-17)10(16)14(3)6-8(15)7-18-4/h8,15,17H,5-7H2,1-4H3,(H2,12,13). The van der Waals surface area contributed by atoms with Crippen LogP contribution in [0.2, 0.25) is 0 Å². The van der Waals surface area contributed by atoms with Crippen LogP contribution in [0.1, 0.15) is 20.3 Å². The maximum atomic E-state index is 12.2. The average Bonchev–Trinajstić information content (AvgIpc) is 2.35. The summed E-state index contributed by atoms with van der Waals surface area (Å²) >= 11 is 0. The lowest BCUT2D eigenvalue weighted by Gasteiger charge is -2.31. The molecular formula is C11H23N3O4. The van der Waals surface area contributed by atoms with E-state index < -0.39 is 11.5 Å². The average molecular weight is 261 g/mol. The minimum atomic E-state index is -1.07. The van der Waals surface area contributed by atoms with E-state index in [1.165, 1.54) is 12.0 Å². The van der Waals surface area contributed by atoms with Crippen molar-refractivity contribution in [3.63, 3.8) is 0 Å². The first-order valence-electron chi connectivity index (χ1n) is 5.74. The Hall–Kier alpha value is -1.34. The SMILES string of the molecule is CCC(C)(C(=O)N(C)CC(O)COC)C(N)=NO. The maximum Gasteiger partial charge on any atom is 0.236 e. The summed E-state index contributed by atoms with van der Waals surface area (Å²) < 4.78 is 4.79. The number of likely N-dealkylation sites (N-methyl/N-ethyl adjacent to an activating group) is 1. The zero-order valence-electron chi connectivity index (χ0n) is 11.4. The van der Waals surface area contributed by atoms with E-state index in [1.54, 1.807) is 20.9 Å². The van der Waals surface area contributed by atoms with Crippen molar-refractivity contribution in [2.75, 3.05) is 27.3 Å². The first-order chi connectivity index (χ1) is 8.33. The molecule has 106 valence electrons. The van der Waals surface area contributed by atoms with E-state index in [4.69, 9.17) is 15.7 Å². The van der Waals surface area contributed by atoms with Gasteiger partial charge in [0.1, 0.15) is 5.41 Å². The normalized spacial score (nSPS) is 17.1. The highest BCUT2D eigenvalue weighted by Crippen LogP contribution is 2.24. The van der Waals surface area contributed by atoms with Crippen LogP contribution < -0.4 is 5.73 Å². The number of nitrogens with two attached hydrogens (primary N) is 1. The van der Waals surface area contributed by atoms with E-state index in [9.17, 15) is 9.90 Å². The highest BCUT2D eigenvalue weighted by atomic mass is 16.5. The zero-order valence-corrected chi connectivity index (χ0v) is 11.4. The van der Waals surface area contributed by atoms with Crippen molar-refractivity contribution >= 4 is 11.7 Å². The number of nitrogens with zero attached hydrogens (tertiary/aromatic N) is 2. The molecule has 7 heteroatoms. The molecule has 0 bridgehead atoms. The molecule has 7 nitrogen and oxygen atoms in total. The number of amidine groups is 1. The maximum absolute atomic E-state index is 12.2. The number of aliphatic hydroxyl groups excluding tert-OH is 1. The van der Waals surface area contributed by atoms with Gasteiger partial charge in [0.2, 0.25) is 5.91 Å². The van der Waals surface area contributed by atoms with Crippen molar-refractivity contribution in [2.45, 2.75) is 26.4 Å². The molecular weight excluding hydrogens is 238 g/mol. The van der Waals surface area contributed by atoms with Crippen LogP contribution in [0.3, 0.4) is 0 Å². The number of carbonyl (C=O) groups is 1. The van der Waals surface area contributed by atoms with Gasteiger partial charge in [0.05, 0.1) is 12.7 Å². The van der Waals surface area contributed by atoms with E-state index in [0.717, 1.165) is 0 Å². The second-order valence-corrected chi connectivity index (χ2v) is 4.47. The molecule has 0 aliphatic carbocycles. The fourth-order valence-electron chi connectivity index (χ4n) is 1.62. The zero-order chi connectivity index (χ0) is 14.3. The highest BCUT2D eigenvalue weighted by molar-refractivity contribution is 6.06. The van der Waals surface area contributed by atoms with E-state index >= 15 is 0 Å². The summed E-state index contributed by atoms with van der Waals surface area (Å²) in [5.74, 6) is -0.446. The molecule has 2 atom stereocenters. The van der Waals surface area contributed by atoms with Gasteiger partial charge in [-0.25, -0.2) is 0 Å². The summed E-state index contributed by atoms with van der Waals surface area (Å²) in [6.45, 7) is 3.64. The van der Waals surface area contributed by atoms with Gasteiger partial charge in [-0.05, 0) is 13.3 Å². The quantitative estimate of drug-likeness (QED) is 0.250. The number of amides is 1. The van der Waals surface area contributed by atoms with Gasteiger partial charge in [0.15, 0.2) is 5.84 Å². The lowest BCUT2D eigenvalue weighted by atomic mass is 9.84. The molecule has 1 amide bonds. The van der Waals surface area contributed by atoms with Gasteiger partial charge in [-0.15, -0.1) is 0 Å². The third kappa shape index (κ3) is 3.85. The molecule has 0 saturated heterocycles. The van der Waals surface area contributed by atoms with Crippen molar-refractivity contribution in [1.82, 2.24) is 4.90 Å². The second-order valence-electron chi connectivity index (χ2n) is 4.47. The van der Waals surface area contributed by atoms with Crippen molar-refractivity contribution in [3.05, 3.63) is 0 Å². The summed E-state index contributed by atoms with van der Waals surface area (Å²) in [6, 6.07) is 0. The van der Waals surface area contributed by atoms with Crippen LogP contribution >= 0.6 is 0 Å². The molecule has 0 aromatic carbocycles. The van der Waals surface area contributed by atoms with Gasteiger partial charge in [0.25, 0.3) is 0 Å². The minimum Gasteiger partial charge on any atom is -0.409 e. The smallest absolute Gasteiger partial charge is 0.236 e. The third-order valence-corrected chi connectivity index (χ3v) is 3.04. The number of aliphatic hydroxyl groups is 1. The second kappa shape index (κ2) is 7.17. The molecule has 0 radical (unpaired) electrons. The largest absolute Gasteiger partial charge is 0.409 e. The summed E-state index contributed by atoms with van der Waals surface area (Å²) in [6.07, 6.45) is -0.371. The van der Waals surface area contributed by atoms with Crippen molar-refractivity contribution in [1.29, 1.82) is 0 Å². The molecule has 0 aromatic heterocycles. The van der Waals surface area contributed by atoms with Crippen LogP contribution in [0.15, 0.2) is 5.16 Å². The predicted molar refractivity (Wildman–Crippen MR) is 67.3 cm³/mol. The van der Waals surface area contributed by atoms with Crippen LogP contribution in [0.5, 0.6) is 0 Å². The Morgan fingerprint density at radius 1 is 1.61 bits per heavy atom. The van der Waals surface area contributed by atoms with Gasteiger partial charge >= 0.3 is 0 Å². The molecule has 0 aromatic rings. The number of oxime groups is 1. The number of methoxy groups -OCH3 is 1. The van der Waals surface area contributed by atoms with Crippen molar-refractivity contribution in [2.24, 2.45) is 16.3 Å². The summed E-state index contributed by atoms with van der Waals surface area (Å²) in [5, 5.41) is 21.2. The van der Waals surface area contributed by atoms with Gasteiger partial charge in [-0.1, -0.05) is 12.1 Å². The fraction of sp³-hybridized carbons (Fsp3) is 0.818. The fourth-order valence-corrected chi connectivity index (χ4v) is 1.62. The van der Waals surface area contributed by atoms with E-state index in [1.807, 2.05) is 0 Å². The van der Waals surface area contributed by atoms with Crippen molar-refractivity contribution < 1.29 is 19.8 Å². The molecule has 0 rings (SSSR count). The first kappa shape index (κ1) is 16.7. The summed E-state index contributed by atoms with van der Waals surface area (Å²) in [4.78, 5) is 13.6. The van der Waals surface area contributed by atoms with Crippen molar-refractivity contribution in [3.8, 4) is 0 Å². The van der Waals surface area contributed by atoms with Gasteiger partial charge in [-0.2, -0.15) is 0 Å². The van der Waals surface area contributed by atoms with Gasteiger partial charge < -0.3 is 25.7 Å². The minimum absolute atomic E-state index is 0.126. The Bertz CT molecular complexity index is 309. The number of ether oxygens (including phenoxy) is 1. The monoisotopic (exact) mass is 261 g/mol. The topological polar surface area (TPSA) is 108 Å². The Labute approximate surface area is 107 Å². The van der Waals surface area contributed by atoms with Crippen LogP contribution in [-0.4, -0.2) is 60.4 Å². The third-order valence-electron chi connectivity index (χ3n) is 3.04. The number of rotatable bonds is 7. The number of hydrogen-bond acceptors (Lipinski definition) is 5.